The van der Waals surface area contributed by atoms with Gasteiger partial charge in [0, 0.05) is 11.8 Å². The minimum absolute atomic E-state index is 0.000481. The molecule has 9 heteroatoms. The van der Waals surface area contributed by atoms with E-state index in [-0.39, 0.29) is 18.7 Å². The van der Waals surface area contributed by atoms with Crippen LogP contribution >= 0.6 is 0 Å². The number of halogens is 4. The Balaban J connectivity index is 2.10. The number of aromatic nitrogens is 1. The number of allylic oxidation sites excluding steroid dienone is 1. The Kier molecular flexibility index (Phi) is 6.46. The van der Waals surface area contributed by atoms with Crippen LogP contribution in [0.5, 0.6) is 0 Å². The Hall–Kier alpha value is -2.76. The van der Waals surface area contributed by atoms with Gasteiger partial charge in [-0.05, 0) is 30.4 Å². The van der Waals surface area contributed by atoms with E-state index in [1.54, 1.807) is 13.8 Å². The first kappa shape index (κ1) is 22.5. The van der Waals surface area contributed by atoms with E-state index in [1.165, 1.54) is 19.2 Å². The lowest BCUT2D eigenvalue weighted by Gasteiger charge is -2.13. The highest BCUT2D eigenvalue weighted by molar-refractivity contribution is 5.86. The average Bonchev–Trinajstić information content (AvgIpc) is 2.95. The Bertz CT molecular complexity index is 861. The lowest BCUT2D eigenvalue weighted by molar-refractivity contribution is -0.151. The Morgan fingerprint density at radius 2 is 2.00 bits per heavy atom. The van der Waals surface area contributed by atoms with Gasteiger partial charge < -0.3 is 14.0 Å². The molecule has 0 bridgehead atoms. The molecule has 1 aliphatic carbocycles. The summed E-state index contributed by atoms with van der Waals surface area (Å²) in [5, 5.41) is 0. The van der Waals surface area contributed by atoms with Gasteiger partial charge >= 0.3 is 18.1 Å². The summed E-state index contributed by atoms with van der Waals surface area (Å²) in [6.07, 6.45) is 2.58. The third-order valence-electron chi connectivity index (χ3n) is 4.91. The summed E-state index contributed by atoms with van der Waals surface area (Å²) in [6.45, 7) is 3.98. The van der Waals surface area contributed by atoms with E-state index in [9.17, 15) is 27.2 Å². The first-order valence-corrected chi connectivity index (χ1v) is 8.84. The predicted molar refractivity (Wildman–Crippen MR) is 94.6 cm³/mol. The smallest absolute Gasteiger partial charge is 0.431 e. The third-order valence-corrected chi connectivity index (χ3v) is 4.91. The summed E-state index contributed by atoms with van der Waals surface area (Å²) in [7, 11) is 0. The number of rotatable bonds is 7. The summed E-state index contributed by atoms with van der Waals surface area (Å²) < 4.78 is 64.2. The molecule has 0 spiro atoms. The minimum atomic E-state index is -4.67. The molecule has 0 unspecified atom stereocenters. The highest BCUT2D eigenvalue weighted by atomic mass is 19.4. The zero-order valence-corrected chi connectivity index (χ0v) is 16.2. The van der Waals surface area contributed by atoms with Crippen molar-refractivity contribution >= 4 is 11.9 Å². The van der Waals surface area contributed by atoms with Crippen molar-refractivity contribution in [2.24, 2.45) is 17.3 Å². The zero-order valence-electron chi connectivity index (χ0n) is 16.2. The van der Waals surface area contributed by atoms with Crippen LogP contribution in [0.1, 0.15) is 32.0 Å². The molecule has 2 atom stereocenters. The molecular formula is C20H21F4NO4. The summed E-state index contributed by atoms with van der Waals surface area (Å²) in [5.41, 5.74) is -1.92. The number of terminal acetylenes is 1. The van der Waals surface area contributed by atoms with Crippen molar-refractivity contribution in [1.29, 1.82) is 0 Å². The van der Waals surface area contributed by atoms with Crippen LogP contribution in [0.2, 0.25) is 0 Å². The maximum absolute atomic E-state index is 13.9. The minimum Gasteiger partial charge on any atom is -0.461 e. The predicted octanol–water partition coefficient (Wildman–Crippen LogP) is 3.87. The fourth-order valence-electron chi connectivity index (χ4n) is 3.31. The van der Waals surface area contributed by atoms with Crippen LogP contribution in [-0.4, -0.2) is 23.1 Å². The second-order valence-corrected chi connectivity index (χ2v) is 7.19. The van der Waals surface area contributed by atoms with E-state index >= 15 is 0 Å². The molecule has 0 radical (unpaired) electrons. The van der Waals surface area contributed by atoms with Gasteiger partial charge in [-0.15, -0.1) is 6.42 Å². The van der Waals surface area contributed by atoms with Gasteiger partial charge in [-0.25, -0.2) is 4.79 Å². The molecule has 2 rings (SSSR count). The first-order valence-electron chi connectivity index (χ1n) is 8.84. The number of ether oxygens (including phenoxy) is 2. The molecule has 5 nitrogen and oxygen atoms in total. The fraction of sp³-hybridized carbons (Fsp3) is 0.500. The molecule has 1 fully saturated rings. The molecule has 1 heterocycles. The van der Waals surface area contributed by atoms with E-state index < -0.39 is 53.5 Å². The molecule has 1 aromatic rings. The van der Waals surface area contributed by atoms with Gasteiger partial charge in [-0.2, -0.15) is 17.6 Å². The van der Waals surface area contributed by atoms with Crippen molar-refractivity contribution in [2.45, 2.75) is 40.1 Å². The van der Waals surface area contributed by atoms with Crippen LogP contribution in [-0.2, 0) is 38.4 Å². The lowest BCUT2D eigenvalue weighted by atomic mass is 10.1. The van der Waals surface area contributed by atoms with Crippen molar-refractivity contribution in [3.63, 3.8) is 0 Å². The summed E-state index contributed by atoms with van der Waals surface area (Å²) in [4.78, 5) is 23.8. The Morgan fingerprint density at radius 1 is 1.34 bits per heavy atom. The Labute approximate surface area is 165 Å². The molecule has 1 aromatic heterocycles. The topological polar surface area (TPSA) is 57.5 Å². The van der Waals surface area contributed by atoms with Crippen LogP contribution in [0, 0.1) is 29.6 Å². The SMILES string of the molecule is C#CCn1ccc(COC(=O)[C@H]2[C@@H](/C=C(/F)C(=O)OCC)C2(C)C)c1C(F)(F)F. The van der Waals surface area contributed by atoms with Crippen LogP contribution in [0.4, 0.5) is 17.6 Å². The molecule has 0 N–H and O–H groups in total. The highest BCUT2D eigenvalue weighted by Crippen LogP contribution is 2.60. The number of alkyl halides is 3. The first-order chi connectivity index (χ1) is 13.4. The normalized spacial score (nSPS) is 20.7. The number of nitrogens with zero attached hydrogens (tertiary/aromatic N) is 1. The quantitative estimate of drug-likeness (QED) is 0.294. The largest absolute Gasteiger partial charge is 0.461 e. The monoisotopic (exact) mass is 415 g/mol. The van der Waals surface area contributed by atoms with Crippen molar-refractivity contribution in [1.82, 2.24) is 4.57 Å². The second-order valence-electron chi connectivity index (χ2n) is 7.19. The third kappa shape index (κ3) is 4.81. The van der Waals surface area contributed by atoms with E-state index in [0.29, 0.717) is 0 Å². The summed E-state index contributed by atoms with van der Waals surface area (Å²) in [6, 6.07) is 1.18. The molecule has 0 aromatic carbocycles. The summed E-state index contributed by atoms with van der Waals surface area (Å²) >= 11 is 0. The van der Waals surface area contributed by atoms with Gasteiger partial charge in [0.15, 0.2) is 0 Å². The molecule has 1 aliphatic rings. The molecule has 1 saturated carbocycles. The van der Waals surface area contributed by atoms with Gasteiger partial charge in [-0.1, -0.05) is 19.8 Å². The van der Waals surface area contributed by atoms with Gasteiger partial charge in [0.2, 0.25) is 5.83 Å². The van der Waals surface area contributed by atoms with E-state index in [1.807, 2.05) is 0 Å². The zero-order chi connectivity index (χ0) is 22.0. The van der Waals surface area contributed by atoms with Crippen molar-refractivity contribution in [3.8, 4) is 12.3 Å². The van der Waals surface area contributed by atoms with Crippen LogP contribution in [0.15, 0.2) is 24.2 Å². The second kappa shape index (κ2) is 8.31. The van der Waals surface area contributed by atoms with Crippen LogP contribution in [0.3, 0.4) is 0 Å². The van der Waals surface area contributed by atoms with E-state index in [0.717, 1.165) is 10.6 Å². The van der Waals surface area contributed by atoms with Gasteiger partial charge in [0.05, 0.1) is 19.1 Å². The van der Waals surface area contributed by atoms with E-state index in [2.05, 4.69) is 10.7 Å². The van der Waals surface area contributed by atoms with Gasteiger partial charge in [0.25, 0.3) is 0 Å². The van der Waals surface area contributed by atoms with Crippen molar-refractivity contribution in [3.05, 3.63) is 35.4 Å². The van der Waals surface area contributed by atoms with E-state index in [4.69, 9.17) is 11.2 Å². The lowest BCUT2D eigenvalue weighted by Crippen LogP contribution is -2.17. The van der Waals surface area contributed by atoms with Crippen LogP contribution < -0.4 is 0 Å². The molecular weight excluding hydrogens is 394 g/mol. The highest BCUT2D eigenvalue weighted by Gasteiger charge is 2.62. The van der Waals surface area contributed by atoms with Crippen LogP contribution in [0.25, 0.3) is 0 Å². The molecule has 0 aliphatic heterocycles. The number of carbonyl (C=O) groups excluding carboxylic acids is 2. The molecule has 0 amide bonds. The summed E-state index contributed by atoms with van der Waals surface area (Å²) in [5.74, 6) is -2.31. The number of hydrogen-bond donors (Lipinski definition) is 0. The Morgan fingerprint density at radius 3 is 2.55 bits per heavy atom. The number of hydrogen-bond acceptors (Lipinski definition) is 4. The number of carbonyl (C=O) groups is 2. The molecule has 0 saturated heterocycles. The average molecular weight is 415 g/mol. The van der Waals surface area contributed by atoms with Gasteiger partial charge in [0.1, 0.15) is 12.3 Å². The fourth-order valence-corrected chi connectivity index (χ4v) is 3.31. The maximum Gasteiger partial charge on any atom is 0.431 e. The molecule has 158 valence electrons. The maximum atomic E-state index is 13.9. The number of esters is 2. The molecule has 29 heavy (non-hydrogen) atoms. The van der Waals surface area contributed by atoms with Gasteiger partial charge in [-0.3, -0.25) is 4.79 Å². The van der Waals surface area contributed by atoms with Crippen molar-refractivity contribution < 1.29 is 36.6 Å². The van der Waals surface area contributed by atoms with Crippen molar-refractivity contribution in [2.75, 3.05) is 6.61 Å². The standard InChI is InChI=1S/C20H21F4NO4/c1-5-8-25-9-7-12(16(25)20(22,23)24)11-29-18(27)15-13(19(15,3)4)10-14(21)17(26)28-6-2/h1,7,9-10,13,15H,6,8,11H2,2-4H3/b14-10+/t13-,15-/m1/s1.